The predicted octanol–water partition coefficient (Wildman–Crippen LogP) is 11.1. The van der Waals surface area contributed by atoms with Crippen molar-refractivity contribution in [1.82, 2.24) is 4.57 Å². The van der Waals surface area contributed by atoms with E-state index >= 15 is 0 Å². The number of nitrogens with zero attached hydrogens (tertiary/aromatic N) is 2. The first-order chi connectivity index (χ1) is 17.8. The van der Waals surface area contributed by atoms with Gasteiger partial charge in [-0.1, -0.05) is 149 Å². The van der Waals surface area contributed by atoms with Crippen LogP contribution in [0.1, 0.15) is 187 Å². The van der Waals surface area contributed by atoms with Gasteiger partial charge in [0.2, 0.25) is 0 Å². The lowest BCUT2D eigenvalue weighted by atomic mass is 10.0. The Balaban J connectivity index is 2.19. The monoisotopic (exact) mass is 504 g/mol. The first-order valence-corrected chi connectivity index (χ1v) is 16.9. The van der Waals surface area contributed by atoms with Gasteiger partial charge in [0.05, 0.1) is 13.1 Å². The molecule has 0 N–H and O–H groups in total. The molecule has 1 aromatic heterocycles. The van der Waals surface area contributed by atoms with Crippen LogP contribution < -0.4 is 4.57 Å². The minimum atomic E-state index is 1.22. The number of hydrogen-bond donors (Lipinski definition) is 0. The van der Waals surface area contributed by atoms with Crippen molar-refractivity contribution in [2.45, 2.75) is 201 Å². The van der Waals surface area contributed by atoms with Crippen LogP contribution in [0.2, 0.25) is 0 Å². The lowest BCUT2D eigenvalue weighted by Gasteiger charge is -2.07. The Bertz CT molecular complexity index is 530. The molecule has 0 amide bonds. The summed E-state index contributed by atoms with van der Waals surface area (Å²) in [4.78, 5) is 0. The zero-order chi connectivity index (χ0) is 25.9. The summed E-state index contributed by atoms with van der Waals surface area (Å²) in [6, 6.07) is 0. The molecule has 0 fully saturated rings. The molecular weight excluding hydrogens is 436 g/mol. The summed E-state index contributed by atoms with van der Waals surface area (Å²) >= 11 is 0. The molecule has 1 aromatic rings. The van der Waals surface area contributed by atoms with Crippen LogP contribution in [-0.2, 0) is 19.5 Å². The minimum Gasteiger partial charge on any atom is -0.234 e. The van der Waals surface area contributed by atoms with Crippen molar-refractivity contribution in [3.63, 3.8) is 0 Å². The molecule has 0 aliphatic heterocycles. The van der Waals surface area contributed by atoms with Crippen molar-refractivity contribution >= 4 is 0 Å². The quantitative estimate of drug-likeness (QED) is 0.0794. The molecule has 36 heavy (non-hydrogen) atoms. The molecular formula is C34H67N2+. The number of aromatic nitrogens is 2. The van der Waals surface area contributed by atoms with E-state index in [0.717, 1.165) is 0 Å². The lowest BCUT2D eigenvalue weighted by molar-refractivity contribution is -0.704. The molecule has 1 rings (SSSR count). The summed E-state index contributed by atoms with van der Waals surface area (Å²) < 4.78 is 5.20. The maximum atomic E-state index is 2.60. The molecule has 1 heterocycles. The Hall–Kier alpha value is -0.790. The highest BCUT2D eigenvalue weighted by Crippen LogP contribution is 2.15. The lowest BCUT2D eigenvalue weighted by Crippen LogP contribution is -2.37. The van der Waals surface area contributed by atoms with Crippen molar-refractivity contribution in [3.8, 4) is 0 Å². The number of rotatable bonds is 28. The third-order valence-corrected chi connectivity index (χ3v) is 8.10. The zero-order valence-electron chi connectivity index (χ0n) is 25.3. The van der Waals surface area contributed by atoms with Crippen LogP contribution in [0.3, 0.4) is 0 Å². The molecule has 2 nitrogen and oxygen atoms in total. The van der Waals surface area contributed by atoms with E-state index in [4.69, 9.17) is 0 Å². The number of unbranched alkanes of at least 4 members (excludes halogenated alkanes) is 22. The molecule has 2 heteroatoms. The summed E-state index contributed by atoms with van der Waals surface area (Å²) in [7, 11) is 0. The molecule has 0 spiro atoms. The van der Waals surface area contributed by atoms with Crippen molar-refractivity contribution in [2.75, 3.05) is 0 Å². The van der Waals surface area contributed by atoms with Crippen molar-refractivity contribution < 1.29 is 4.57 Å². The van der Waals surface area contributed by atoms with Crippen LogP contribution >= 0.6 is 0 Å². The molecule has 0 aliphatic rings. The van der Waals surface area contributed by atoms with Gasteiger partial charge in [0, 0.05) is 6.42 Å². The maximum absolute atomic E-state index is 2.60. The average Bonchev–Trinajstić information content (AvgIpc) is 3.27. The van der Waals surface area contributed by atoms with Crippen molar-refractivity contribution in [3.05, 3.63) is 18.2 Å². The second-order valence-electron chi connectivity index (χ2n) is 11.6. The van der Waals surface area contributed by atoms with Crippen LogP contribution in [0.5, 0.6) is 0 Å². The second kappa shape index (κ2) is 25.8. The summed E-state index contributed by atoms with van der Waals surface area (Å²) in [6.45, 7) is 9.37. The second-order valence-corrected chi connectivity index (χ2v) is 11.6. The highest BCUT2D eigenvalue weighted by atomic mass is 15.1. The Kier molecular flexibility index (Phi) is 23.9. The van der Waals surface area contributed by atoms with Crippen LogP contribution in [0.25, 0.3) is 0 Å². The standard InChI is InChI=1S/C34H67N2/c1-4-7-10-13-14-15-16-17-18-19-20-21-22-23-26-29-34-35(30-27-24-11-8-5-2)32-33-36(34)31-28-25-12-9-6-3/h32-33H,4-31H2,1-3H3/q+1. The number of hydrogen-bond acceptors (Lipinski definition) is 0. The Labute approximate surface area is 228 Å². The van der Waals surface area contributed by atoms with E-state index in [1.807, 2.05) is 0 Å². The van der Waals surface area contributed by atoms with Crippen molar-refractivity contribution in [2.24, 2.45) is 0 Å². The minimum absolute atomic E-state index is 1.22. The maximum Gasteiger partial charge on any atom is 0.256 e. The van der Waals surface area contributed by atoms with E-state index in [0.29, 0.717) is 0 Å². The zero-order valence-corrected chi connectivity index (χ0v) is 25.3. The molecule has 0 unspecified atom stereocenters. The van der Waals surface area contributed by atoms with Crippen LogP contribution in [0.15, 0.2) is 12.4 Å². The van der Waals surface area contributed by atoms with Gasteiger partial charge in [0.25, 0.3) is 5.82 Å². The van der Waals surface area contributed by atoms with Gasteiger partial charge in [0.15, 0.2) is 0 Å². The molecule has 0 aliphatic carbocycles. The highest BCUT2D eigenvalue weighted by Gasteiger charge is 2.16. The highest BCUT2D eigenvalue weighted by molar-refractivity contribution is 4.84. The molecule has 0 atom stereocenters. The Morgan fingerprint density at radius 3 is 1.33 bits per heavy atom. The normalized spacial score (nSPS) is 11.5. The van der Waals surface area contributed by atoms with Gasteiger partial charge in [0.1, 0.15) is 12.4 Å². The van der Waals surface area contributed by atoms with Gasteiger partial charge in [-0.05, 0) is 32.1 Å². The van der Waals surface area contributed by atoms with E-state index < -0.39 is 0 Å². The Morgan fingerprint density at radius 1 is 0.472 bits per heavy atom. The van der Waals surface area contributed by atoms with Crippen LogP contribution in [0, 0.1) is 0 Å². The van der Waals surface area contributed by atoms with E-state index in [2.05, 4.69) is 42.3 Å². The van der Waals surface area contributed by atoms with Gasteiger partial charge >= 0.3 is 0 Å². The van der Waals surface area contributed by atoms with E-state index in [1.54, 1.807) is 5.82 Å². The fourth-order valence-corrected chi connectivity index (χ4v) is 5.62. The molecule has 0 saturated heterocycles. The van der Waals surface area contributed by atoms with Gasteiger partial charge in [-0.2, -0.15) is 0 Å². The predicted molar refractivity (Wildman–Crippen MR) is 161 cm³/mol. The summed E-state index contributed by atoms with van der Waals surface area (Å²) in [5.74, 6) is 1.61. The molecule has 0 bridgehead atoms. The third kappa shape index (κ3) is 18.5. The summed E-state index contributed by atoms with van der Waals surface area (Å²) in [6.07, 6.45) is 41.5. The fourth-order valence-electron chi connectivity index (χ4n) is 5.62. The topological polar surface area (TPSA) is 8.81 Å². The largest absolute Gasteiger partial charge is 0.256 e. The SMILES string of the molecule is CCCCCCCCCCCCCCCCCc1n(CCCCCCC)cc[n+]1CCCCCCC. The Morgan fingerprint density at radius 2 is 0.861 bits per heavy atom. The third-order valence-electron chi connectivity index (χ3n) is 8.10. The fraction of sp³-hybridized carbons (Fsp3) is 0.912. The van der Waals surface area contributed by atoms with E-state index in [9.17, 15) is 0 Å². The number of aryl methyl sites for hydroxylation is 2. The van der Waals surface area contributed by atoms with Crippen molar-refractivity contribution in [1.29, 1.82) is 0 Å². The summed E-state index contributed by atoms with van der Waals surface area (Å²) in [5.41, 5.74) is 0. The van der Waals surface area contributed by atoms with E-state index in [1.165, 1.54) is 180 Å². The van der Waals surface area contributed by atoms with Gasteiger partial charge < -0.3 is 0 Å². The van der Waals surface area contributed by atoms with E-state index in [-0.39, 0.29) is 0 Å². The van der Waals surface area contributed by atoms with Gasteiger partial charge in [-0.25, -0.2) is 9.13 Å². The summed E-state index contributed by atoms with van der Waals surface area (Å²) in [5, 5.41) is 0. The van der Waals surface area contributed by atoms with Crippen LogP contribution in [0.4, 0.5) is 0 Å². The molecule has 0 radical (unpaired) electrons. The first-order valence-electron chi connectivity index (χ1n) is 16.9. The molecule has 0 saturated carbocycles. The smallest absolute Gasteiger partial charge is 0.234 e. The first kappa shape index (κ1) is 33.2. The van der Waals surface area contributed by atoms with Gasteiger partial charge in [-0.15, -0.1) is 0 Å². The van der Waals surface area contributed by atoms with Crippen LogP contribution in [-0.4, -0.2) is 4.57 Å². The van der Waals surface area contributed by atoms with Gasteiger partial charge in [-0.3, -0.25) is 0 Å². The molecule has 0 aromatic carbocycles. The molecule has 212 valence electrons. The average molecular weight is 504 g/mol. The number of imidazole rings is 1.